The van der Waals surface area contributed by atoms with E-state index in [9.17, 15) is 14.4 Å². The van der Waals surface area contributed by atoms with Gasteiger partial charge in [0.15, 0.2) is 0 Å². The zero-order chi connectivity index (χ0) is 19.7. The summed E-state index contributed by atoms with van der Waals surface area (Å²) in [5, 5.41) is 2.43. The van der Waals surface area contributed by atoms with E-state index in [1.807, 2.05) is 18.9 Å². The molecule has 26 heavy (non-hydrogen) atoms. The number of nitrogens with one attached hydrogen (secondary N) is 2. The lowest BCUT2D eigenvalue weighted by Crippen LogP contribution is -2.39. The van der Waals surface area contributed by atoms with Crippen LogP contribution in [0.25, 0.3) is 0 Å². The first-order chi connectivity index (χ1) is 12.3. The maximum Gasteiger partial charge on any atom is 0.323 e. The van der Waals surface area contributed by atoms with Gasteiger partial charge in [-0.25, -0.2) is 10.8 Å². The van der Waals surface area contributed by atoms with Crippen molar-refractivity contribution in [1.29, 1.82) is 0 Å². The molecular weight excluding hydrogens is 338 g/mol. The Morgan fingerprint density at radius 2 is 2.00 bits per heavy atom. The molecule has 0 aliphatic carbocycles. The summed E-state index contributed by atoms with van der Waals surface area (Å²) in [7, 11) is 3.33. The van der Waals surface area contributed by atoms with Crippen molar-refractivity contribution in [1.82, 2.24) is 10.4 Å². The van der Waals surface area contributed by atoms with Crippen molar-refractivity contribution in [3.05, 3.63) is 17.8 Å². The van der Waals surface area contributed by atoms with Crippen LogP contribution in [0.1, 0.15) is 31.7 Å². The van der Waals surface area contributed by atoms with Crippen LogP contribution < -0.4 is 21.5 Å². The number of carbonyl (C=O) groups excluding carboxylic acids is 3. The third kappa shape index (κ3) is 6.67. The second-order valence-corrected chi connectivity index (χ2v) is 6.22. The number of aromatic nitrogens is 1. The fourth-order valence-corrected chi connectivity index (χ4v) is 2.42. The molecule has 1 rings (SSSR count). The smallest absolute Gasteiger partial charge is 0.323 e. The Hall–Kier alpha value is -2.68. The molecule has 0 saturated carbocycles. The summed E-state index contributed by atoms with van der Waals surface area (Å²) in [4.78, 5) is 40.2. The number of esters is 1. The molecule has 9 heteroatoms. The lowest BCUT2D eigenvalue weighted by atomic mass is 10.0. The molecule has 0 radical (unpaired) electrons. The second kappa shape index (κ2) is 10.3. The van der Waals surface area contributed by atoms with E-state index < -0.39 is 11.8 Å². The van der Waals surface area contributed by atoms with Crippen molar-refractivity contribution < 1.29 is 19.1 Å². The van der Waals surface area contributed by atoms with E-state index in [-0.39, 0.29) is 5.97 Å². The minimum atomic E-state index is -0.926. The van der Waals surface area contributed by atoms with Crippen LogP contribution in [0.15, 0.2) is 12.3 Å². The van der Waals surface area contributed by atoms with Crippen LogP contribution in [0.2, 0.25) is 0 Å². The molecule has 1 aromatic rings. The van der Waals surface area contributed by atoms with Gasteiger partial charge < -0.3 is 15.0 Å². The average Bonchev–Trinajstić information content (AvgIpc) is 2.63. The van der Waals surface area contributed by atoms with Crippen molar-refractivity contribution in [3.63, 3.8) is 0 Å². The third-order valence-corrected chi connectivity index (χ3v) is 4.03. The first kappa shape index (κ1) is 21.4. The van der Waals surface area contributed by atoms with Crippen LogP contribution in [-0.2, 0) is 19.1 Å². The lowest BCUT2D eigenvalue weighted by Gasteiger charge is -2.22. The Morgan fingerprint density at radius 1 is 1.31 bits per heavy atom. The number of methoxy groups -OCH3 is 1. The number of carbonyl (C=O) groups is 3. The highest BCUT2D eigenvalue weighted by Crippen LogP contribution is 2.21. The number of aryl methyl sites for hydroxylation is 1. The van der Waals surface area contributed by atoms with Gasteiger partial charge in [0.2, 0.25) is 0 Å². The third-order valence-electron chi connectivity index (χ3n) is 4.03. The highest BCUT2D eigenvalue weighted by atomic mass is 16.5. The predicted octanol–water partition coefficient (Wildman–Crippen LogP) is 0.734. The van der Waals surface area contributed by atoms with Crippen LogP contribution in [0.4, 0.5) is 11.5 Å². The number of pyridine rings is 1. The van der Waals surface area contributed by atoms with E-state index in [4.69, 9.17) is 5.84 Å². The molecule has 0 spiro atoms. The number of hydrogen-bond donors (Lipinski definition) is 3. The molecule has 0 aromatic carbocycles. The number of ether oxygens (including phenoxy) is 1. The molecule has 0 fully saturated rings. The molecular formula is C17H27N5O4. The number of amides is 2. The number of hydrazine groups is 1. The number of nitrogens with two attached hydrogens (primary N) is 1. The fraction of sp³-hybridized carbons (Fsp3) is 0.529. The molecule has 1 heterocycles. The Kier molecular flexibility index (Phi) is 8.50. The van der Waals surface area contributed by atoms with Crippen molar-refractivity contribution in [2.24, 2.45) is 11.8 Å². The van der Waals surface area contributed by atoms with Gasteiger partial charge >= 0.3 is 17.8 Å². The monoisotopic (exact) mass is 365 g/mol. The standard InChI is InChI=1S/C17H27N5O4/c1-11(5-6-14(23)26-4)7-8-22(3)15-12(2)9-13(10-19-15)20-16(24)17(25)21-18/h9-11H,5-8,18H2,1-4H3,(H,20,24)(H,21,25). The highest BCUT2D eigenvalue weighted by Gasteiger charge is 2.14. The second-order valence-electron chi connectivity index (χ2n) is 6.22. The van der Waals surface area contributed by atoms with Crippen molar-refractivity contribution in [3.8, 4) is 0 Å². The summed E-state index contributed by atoms with van der Waals surface area (Å²) in [5.41, 5.74) is 3.05. The van der Waals surface area contributed by atoms with E-state index in [2.05, 4.69) is 22.0 Å². The summed E-state index contributed by atoms with van der Waals surface area (Å²) in [6, 6.07) is 1.74. The molecule has 1 aromatic heterocycles. The van der Waals surface area contributed by atoms with Crippen LogP contribution >= 0.6 is 0 Å². The summed E-state index contributed by atoms with van der Waals surface area (Å²) in [5.74, 6) is 4.11. The van der Waals surface area contributed by atoms with E-state index >= 15 is 0 Å². The van der Waals surface area contributed by atoms with Gasteiger partial charge in [0.05, 0.1) is 19.0 Å². The molecule has 0 aliphatic heterocycles. The summed E-state index contributed by atoms with van der Waals surface area (Å²) < 4.78 is 4.65. The Labute approximate surface area is 153 Å². The van der Waals surface area contributed by atoms with E-state index in [0.29, 0.717) is 18.0 Å². The normalized spacial score (nSPS) is 11.4. The molecule has 1 atom stereocenters. The van der Waals surface area contributed by atoms with Crippen LogP contribution in [0.3, 0.4) is 0 Å². The lowest BCUT2D eigenvalue weighted by molar-refractivity contribution is -0.140. The maximum atomic E-state index is 11.5. The van der Waals surface area contributed by atoms with Gasteiger partial charge in [0.1, 0.15) is 5.82 Å². The van der Waals surface area contributed by atoms with Crippen LogP contribution in [0.5, 0.6) is 0 Å². The van der Waals surface area contributed by atoms with Gasteiger partial charge in [0.25, 0.3) is 0 Å². The molecule has 9 nitrogen and oxygen atoms in total. The molecule has 0 bridgehead atoms. The SMILES string of the molecule is COC(=O)CCC(C)CCN(C)c1ncc(NC(=O)C(=O)NN)cc1C. The highest BCUT2D eigenvalue weighted by molar-refractivity contribution is 6.39. The minimum Gasteiger partial charge on any atom is -0.469 e. The van der Waals surface area contributed by atoms with E-state index in [1.165, 1.54) is 13.3 Å². The molecule has 1 unspecified atom stereocenters. The predicted molar refractivity (Wildman–Crippen MR) is 98.2 cm³/mol. The van der Waals surface area contributed by atoms with Gasteiger partial charge in [-0.15, -0.1) is 0 Å². The van der Waals surface area contributed by atoms with Gasteiger partial charge in [-0.1, -0.05) is 6.92 Å². The number of nitrogens with zero attached hydrogens (tertiary/aromatic N) is 2. The topological polar surface area (TPSA) is 127 Å². The molecule has 4 N–H and O–H groups in total. The zero-order valence-electron chi connectivity index (χ0n) is 15.7. The fourth-order valence-electron chi connectivity index (χ4n) is 2.42. The maximum absolute atomic E-state index is 11.5. The van der Waals surface area contributed by atoms with Gasteiger partial charge in [-0.05, 0) is 37.3 Å². The largest absolute Gasteiger partial charge is 0.469 e. The Morgan fingerprint density at radius 3 is 2.58 bits per heavy atom. The van der Waals surface area contributed by atoms with E-state index in [1.54, 1.807) is 11.5 Å². The summed E-state index contributed by atoms with van der Waals surface area (Å²) in [6.07, 6.45) is 3.59. The van der Waals surface area contributed by atoms with Crippen LogP contribution in [0, 0.1) is 12.8 Å². The van der Waals surface area contributed by atoms with Crippen LogP contribution in [-0.4, -0.2) is 43.5 Å². The van der Waals surface area contributed by atoms with Crippen molar-refractivity contribution in [2.45, 2.75) is 33.1 Å². The molecule has 2 amide bonds. The zero-order valence-corrected chi connectivity index (χ0v) is 15.7. The van der Waals surface area contributed by atoms with Gasteiger partial charge in [-0.3, -0.25) is 19.8 Å². The number of rotatable bonds is 8. The Balaban J connectivity index is 2.59. The molecule has 0 aliphatic rings. The first-order valence-electron chi connectivity index (χ1n) is 8.35. The average molecular weight is 365 g/mol. The van der Waals surface area contributed by atoms with Crippen molar-refractivity contribution in [2.75, 3.05) is 30.9 Å². The summed E-state index contributed by atoms with van der Waals surface area (Å²) >= 11 is 0. The molecule has 0 saturated heterocycles. The minimum absolute atomic E-state index is 0.191. The number of anilines is 2. The van der Waals surface area contributed by atoms with Gasteiger partial charge in [0, 0.05) is 20.0 Å². The van der Waals surface area contributed by atoms with Gasteiger partial charge in [-0.2, -0.15) is 0 Å². The summed E-state index contributed by atoms with van der Waals surface area (Å²) in [6.45, 7) is 4.74. The van der Waals surface area contributed by atoms with Crippen molar-refractivity contribution >= 4 is 29.3 Å². The first-order valence-corrected chi connectivity index (χ1v) is 8.35. The van der Waals surface area contributed by atoms with E-state index in [0.717, 1.165) is 30.8 Å². The number of hydrogen-bond acceptors (Lipinski definition) is 7. The molecule has 144 valence electrons. The quantitative estimate of drug-likeness (QED) is 0.204. The Bertz CT molecular complexity index is 650.